The van der Waals surface area contributed by atoms with Gasteiger partial charge in [0.05, 0.1) is 38.1 Å². The van der Waals surface area contributed by atoms with Gasteiger partial charge in [0.1, 0.15) is 11.5 Å². The van der Waals surface area contributed by atoms with Crippen LogP contribution in [-0.4, -0.2) is 40.4 Å². The summed E-state index contributed by atoms with van der Waals surface area (Å²) < 4.78 is 16.8. The highest BCUT2D eigenvalue weighted by Gasteiger charge is 2.46. The van der Waals surface area contributed by atoms with Crippen molar-refractivity contribution in [1.82, 2.24) is 9.88 Å². The number of nitrogens with zero attached hydrogens (tertiary/aromatic N) is 2. The van der Waals surface area contributed by atoms with Gasteiger partial charge >= 0.3 is 0 Å². The molecule has 1 saturated heterocycles. The SMILES string of the molecule is CCCCOc1ccc(C2C(=C(O)c3ccncc3)C(=O)C(=O)N2Cc2ccco2)cc1OC. The second kappa shape index (κ2) is 10.2. The van der Waals surface area contributed by atoms with Crippen molar-refractivity contribution in [2.45, 2.75) is 32.4 Å². The van der Waals surface area contributed by atoms with Crippen LogP contribution in [0.5, 0.6) is 11.5 Å². The van der Waals surface area contributed by atoms with Crippen LogP contribution in [0.4, 0.5) is 0 Å². The Kier molecular flexibility index (Phi) is 6.96. The first kappa shape index (κ1) is 23.1. The largest absolute Gasteiger partial charge is 0.507 e. The number of aliphatic hydroxyl groups is 1. The van der Waals surface area contributed by atoms with Gasteiger partial charge in [-0.3, -0.25) is 14.6 Å². The van der Waals surface area contributed by atoms with Gasteiger partial charge in [0.15, 0.2) is 11.5 Å². The van der Waals surface area contributed by atoms with Crippen LogP contribution < -0.4 is 9.47 Å². The molecule has 1 N–H and O–H groups in total. The first-order valence-corrected chi connectivity index (χ1v) is 11.1. The highest BCUT2D eigenvalue weighted by atomic mass is 16.5. The average Bonchev–Trinajstić information content (AvgIpc) is 3.47. The maximum atomic E-state index is 13.1. The molecule has 2 aromatic heterocycles. The molecule has 34 heavy (non-hydrogen) atoms. The predicted molar refractivity (Wildman–Crippen MR) is 124 cm³/mol. The summed E-state index contributed by atoms with van der Waals surface area (Å²) in [7, 11) is 1.53. The van der Waals surface area contributed by atoms with Crippen LogP contribution in [0, 0.1) is 0 Å². The molecule has 0 radical (unpaired) electrons. The fourth-order valence-electron chi connectivity index (χ4n) is 3.93. The molecule has 1 aliphatic heterocycles. The van der Waals surface area contributed by atoms with E-state index in [-0.39, 0.29) is 17.9 Å². The Morgan fingerprint density at radius 3 is 2.62 bits per heavy atom. The quantitative estimate of drug-likeness (QED) is 0.216. The number of furan rings is 1. The summed E-state index contributed by atoms with van der Waals surface area (Å²) in [4.78, 5) is 31.5. The molecular formula is C26H26N2O6. The molecule has 176 valence electrons. The number of ketones is 1. The third kappa shape index (κ3) is 4.52. The van der Waals surface area contributed by atoms with Crippen molar-refractivity contribution in [1.29, 1.82) is 0 Å². The van der Waals surface area contributed by atoms with Crippen molar-refractivity contribution in [3.8, 4) is 11.5 Å². The van der Waals surface area contributed by atoms with Crippen molar-refractivity contribution in [3.63, 3.8) is 0 Å². The number of unbranched alkanes of at least 4 members (excludes halogenated alkanes) is 1. The molecule has 8 nitrogen and oxygen atoms in total. The van der Waals surface area contributed by atoms with Gasteiger partial charge in [-0.05, 0) is 48.4 Å². The number of Topliss-reactive ketones (excluding diaryl/α,β-unsaturated/α-hetero) is 1. The molecule has 1 aliphatic rings. The lowest BCUT2D eigenvalue weighted by atomic mass is 9.95. The fourth-order valence-corrected chi connectivity index (χ4v) is 3.93. The number of hydrogen-bond acceptors (Lipinski definition) is 7. The lowest BCUT2D eigenvalue weighted by Crippen LogP contribution is -2.29. The Morgan fingerprint density at radius 2 is 1.94 bits per heavy atom. The first-order chi connectivity index (χ1) is 16.5. The summed E-state index contributed by atoms with van der Waals surface area (Å²) in [5, 5.41) is 11.1. The zero-order valence-corrected chi connectivity index (χ0v) is 19.1. The first-order valence-electron chi connectivity index (χ1n) is 11.1. The topological polar surface area (TPSA) is 102 Å². The number of likely N-dealkylation sites (tertiary alicyclic amines) is 1. The maximum absolute atomic E-state index is 13.1. The van der Waals surface area contributed by atoms with E-state index in [1.165, 1.54) is 30.7 Å². The Labute approximate surface area is 197 Å². The van der Waals surface area contributed by atoms with E-state index < -0.39 is 17.7 Å². The molecule has 1 amide bonds. The molecule has 1 unspecified atom stereocenters. The third-order valence-corrected chi connectivity index (χ3v) is 5.66. The van der Waals surface area contributed by atoms with Gasteiger partial charge in [-0.1, -0.05) is 19.4 Å². The number of methoxy groups -OCH3 is 1. The van der Waals surface area contributed by atoms with Crippen LogP contribution in [0.2, 0.25) is 0 Å². The number of ether oxygens (including phenoxy) is 2. The molecule has 3 heterocycles. The van der Waals surface area contributed by atoms with Gasteiger partial charge in [0.25, 0.3) is 11.7 Å². The molecule has 0 spiro atoms. The van der Waals surface area contributed by atoms with Crippen molar-refractivity contribution < 1.29 is 28.6 Å². The number of rotatable bonds is 9. The number of hydrogen-bond donors (Lipinski definition) is 1. The average molecular weight is 463 g/mol. The van der Waals surface area contributed by atoms with Crippen LogP contribution in [0.3, 0.4) is 0 Å². The molecule has 1 atom stereocenters. The van der Waals surface area contributed by atoms with Crippen LogP contribution in [0.15, 0.2) is 71.1 Å². The van der Waals surface area contributed by atoms with Crippen LogP contribution in [-0.2, 0) is 16.1 Å². The summed E-state index contributed by atoms with van der Waals surface area (Å²) in [6, 6.07) is 11.0. The number of amides is 1. The number of aliphatic hydroxyl groups excluding tert-OH is 1. The van der Waals surface area contributed by atoms with Crippen LogP contribution >= 0.6 is 0 Å². The second-order valence-corrected chi connectivity index (χ2v) is 7.85. The van der Waals surface area contributed by atoms with Crippen LogP contribution in [0.1, 0.15) is 42.7 Å². The van der Waals surface area contributed by atoms with Gasteiger partial charge in [-0.2, -0.15) is 0 Å². The summed E-state index contributed by atoms with van der Waals surface area (Å²) >= 11 is 0. The molecule has 0 aliphatic carbocycles. The number of carbonyl (C=O) groups is 2. The Hall–Kier alpha value is -4.07. The monoisotopic (exact) mass is 462 g/mol. The molecule has 8 heteroatoms. The van der Waals surface area contributed by atoms with E-state index in [0.717, 1.165) is 12.8 Å². The van der Waals surface area contributed by atoms with E-state index in [2.05, 4.69) is 11.9 Å². The Morgan fingerprint density at radius 1 is 1.15 bits per heavy atom. The van der Waals surface area contributed by atoms with Gasteiger partial charge in [-0.25, -0.2) is 0 Å². The molecule has 0 saturated carbocycles. The highest BCUT2D eigenvalue weighted by Crippen LogP contribution is 2.42. The Bertz CT molecular complexity index is 1190. The lowest BCUT2D eigenvalue weighted by molar-refractivity contribution is -0.140. The highest BCUT2D eigenvalue weighted by molar-refractivity contribution is 6.46. The minimum Gasteiger partial charge on any atom is -0.507 e. The zero-order valence-electron chi connectivity index (χ0n) is 19.1. The standard InChI is InChI=1S/C26H26N2O6/c1-3-4-13-34-20-8-7-18(15-21(20)32-2)23-22(24(29)17-9-11-27-12-10-17)25(30)26(31)28(23)16-19-6-5-14-33-19/h5-12,14-15,23,29H,3-4,13,16H2,1-2H3. The van der Waals surface area contributed by atoms with Crippen molar-refractivity contribution in [2.24, 2.45) is 0 Å². The van der Waals surface area contributed by atoms with E-state index >= 15 is 0 Å². The summed E-state index contributed by atoms with van der Waals surface area (Å²) in [6.45, 7) is 2.69. The van der Waals surface area contributed by atoms with Gasteiger partial charge in [0.2, 0.25) is 0 Å². The second-order valence-electron chi connectivity index (χ2n) is 7.85. The minimum absolute atomic E-state index is 0.00976. The minimum atomic E-state index is -0.850. The van der Waals surface area contributed by atoms with E-state index in [9.17, 15) is 14.7 Å². The predicted octanol–water partition coefficient (Wildman–Crippen LogP) is 4.48. The third-order valence-electron chi connectivity index (χ3n) is 5.66. The van der Waals surface area contributed by atoms with E-state index in [1.807, 2.05) is 0 Å². The number of pyridine rings is 1. The van der Waals surface area contributed by atoms with Crippen molar-refractivity contribution >= 4 is 17.4 Å². The smallest absolute Gasteiger partial charge is 0.296 e. The summed E-state index contributed by atoms with van der Waals surface area (Å²) in [6.07, 6.45) is 6.42. The molecule has 1 fully saturated rings. The summed E-state index contributed by atoms with van der Waals surface area (Å²) in [5.41, 5.74) is 0.980. The van der Waals surface area contributed by atoms with Gasteiger partial charge < -0.3 is 23.9 Å². The molecule has 3 aromatic rings. The van der Waals surface area contributed by atoms with E-state index in [4.69, 9.17) is 13.9 Å². The number of benzene rings is 1. The molecule has 1 aromatic carbocycles. The molecule has 0 bridgehead atoms. The van der Waals surface area contributed by atoms with Crippen molar-refractivity contribution in [3.05, 3.63) is 83.6 Å². The lowest BCUT2D eigenvalue weighted by Gasteiger charge is -2.25. The number of carbonyl (C=O) groups excluding carboxylic acids is 2. The summed E-state index contributed by atoms with van der Waals surface area (Å²) in [5.74, 6) is -0.206. The molecular weight excluding hydrogens is 436 g/mol. The van der Waals surface area contributed by atoms with Crippen LogP contribution in [0.25, 0.3) is 5.76 Å². The number of aromatic nitrogens is 1. The van der Waals surface area contributed by atoms with Gasteiger partial charge in [0, 0.05) is 18.0 Å². The van der Waals surface area contributed by atoms with E-state index in [1.54, 1.807) is 42.5 Å². The van der Waals surface area contributed by atoms with E-state index in [0.29, 0.717) is 35.0 Å². The van der Waals surface area contributed by atoms with Crippen molar-refractivity contribution in [2.75, 3.05) is 13.7 Å². The normalized spacial score (nSPS) is 17.2. The maximum Gasteiger partial charge on any atom is 0.296 e. The Balaban J connectivity index is 1.81. The molecule has 4 rings (SSSR count). The fraction of sp³-hybridized carbons (Fsp3) is 0.269. The zero-order chi connectivity index (χ0) is 24.1. The van der Waals surface area contributed by atoms with Gasteiger partial charge in [-0.15, -0.1) is 0 Å².